The van der Waals surface area contributed by atoms with Gasteiger partial charge in [-0.25, -0.2) is 4.98 Å². The van der Waals surface area contributed by atoms with E-state index in [0.29, 0.717) is 18.1 Å². The second-order valence-corrected chi connectivity index (χ2v) is 4.33. The summed E-state index contributed by atoms with van der Waals surface area (Å²) in [5, 5.41) is 9.67. The lowest BCUT2D eigenvalue weighted by Gasteiger charge is -2.05. The van der Waals surface area contributed by atoms with E-state index in [9.17, 15) is 4.79 Å². The topological polar surface area (TPSA) is 96.7 Å². The number of nitrogens with zero attached hydrogens (tertiary/aromatic N) is 2. The van der Waals surface area contributed by atoms with Gasteiger partial charge in [-0.15, -0.1) is 0 Å². The number of nitrogen functional groups attached to an aromatic ring is 1. The molecule has 4 N–H and O–H groups in total. The monoisotopic (exact) mass is 259 g/mol. The Morgan fingerprint density at radius 2 is 2.32 bits per heavy atom. The molecule has 0 aromatic carbocycles. The minimum atomic E-state index is -0.198. The third-order valence-corrected chi connectivity index (χ3v) is 2.85. The molecule has 6 nitrogen and oxygen atoms in total. The van der Waals surface area contributed by atoms with Gasteiger partial charge < -0.3 is 11.1 Å². The fourth-order valence-corrected chi connectivity index (χ4v) is 1.78. The lowest BCUT2D eigenvalue weighted by molar-refractivity contribution is 0.0948. The molecule has 0 fully saturated rings. The summed E-state index contributed by atoms with van der Waals surface area (Å²) in [7, 11) is 0. The fraction of sp³-hybridized carbons (Fsp3) is 0.308. The minimum absolute atomic E-state index is 0.198. The van der Waals surface area contributed by atoms with Crippen LogP contribution in [0.15, 0.2) is 24.4 Å². The first-order chi connectivity index (χ1) is 9.16. The highest BCUT2D eigenvalue weighted by Gasteiger charge is 2.06. The van der Waals surface area contributed by atoms with Crippen molar-refractivity contribution in [3.05, 3.63) is 41.3 Å². The third kappa shape index (κ3) is 3.54. The van der Waals surface area contributed by atoms with Crippen molar-refractivity contribution in [1.29, 1.82) is 0 Å². The summed E-state index contributed by atoms with van der Waals surface area (Å²) in [5.74, 6) is 0.151. The maximum Gasteiger partial charge on any atom is 0.269 e. The Kier molecular flexibility index (Phi) is 4.12. The molecule has 2 heterocycles. The van der Waals surface area contributed by atoms with Crippen molar-refractivity contribution in [1.82, 2.24) is 20.5 Å². The summed E-state index contributed by atoms with van der Waals surface area (Å²) in [6.45, 7) is 2.58. The van der Waals surface area contributed by atoms with Crippen LogP contribution in [0.5, 0.6) is 0 Å². The molecule has 0 bridgehead atoms. The Morgan fingerprint density at radius 1 is 1.47 bits per heavy atom. The van der Waals surface area contributed by atoms with Gasteiger partial charge in [-0.05, 0) is 37.5 Å². The van der Waals surface area contributed by atoms with Crippen molar-refractivity contribution in [3.63, 3.8) is 0 Å². The predicted octanol–water partition coefficient (Wildman–Crippen LogP) is 1.06. The molecule has 6 heteroatoms. The van der Waals surface area contributed by atoms with Gasteiger partial charge in [-0.2, -0.15) is 5.10 Å². The van der Waals surface area contributed by atoms with E-state index in [1.165, 1.54) is 5.56 Å². The number of carbonyl (C=O) groups excluding carboxylic acids is 1. The highest BCUT2D eigenvalue weighted by Crippen LogP contribution is 2.05. The molecule has 19 heavy (non-hydrogen) atoms. The van der Waals surface area contributed by atoms with E-state index in [-0.39, 0.29) is 5.91 Å². The summed E-state index contributed by atoms with van der Waals surface area (Å²) < 4.78 is 0. The molecule has 2 rings (SSSR count). The molecule has 0 radical (unpaired) electrons. The number of nitrogens with two attached hydrogens (primary N) is 1. The zero-order valence-corrected chi connectivity index (χ0v) is 10.8. The van der Waals surface area contributed by atoms with Crippen molar-refractivity contribution in [3.8, 4) is 0 Å². The van der Waals surface area contributed by atoms with E-state index >= 15 is 0 Å². The lowest BCUT2D eigenvalue weighted by Crippen LogP contribution is -2.25. The summed E-state index contributed by atoms with van der Waals surface area (Å²) in [6, 6.07) is 5.01. The molecular weight excluding hydrogens is 242 g/mol. The Bertz CT molecular complexity index is 564. The number of amides is 1. The Balaban J connectivity index is 1.77. The van der Waals surface area contributed by atoms with E-state index in [4.69, 9.17) is 5.73 Å². The van der Waals surface area contributed by atoms with E-state index in [0.717, 1.165) is 18.5 Å². The highest BCUT2D eigenvalue weighted by atomic mass is 16.1. The largest absolute Gasteiger partial charge is 0.384 e. The van der Waals surface area contributed by atoms with Crippen molar-refractivity contribution in [2.24, 2.45) is 0 Å². The molecule has 0 saturated carbocycles. The van der Waals surface area contributed by atoms with Gasteiger partial charge in [-0.3, -0.25) is 9.89 Å². The first-order valence-corrected chi connectivity index (χ1v) is 6.16. The first-order valence-electron chi connectivity index (χ1n) is 6.16. The molecule has 0 spiro atoms. The zero-order chi connectivity index (χ0) is 13.7. The number of nitrogens with one attached hydrogen (secondary N) is 2. The molecule has 1 amide bonds. The van der Waals surface area contributed by atoms with E-state index in [2.05, 4.69) is 20.5 Å². The predicted molar refractivity (Wildman–Crippen MR) is 72.6 cm³/mol. The summed E-state index contributed by atoms with van der Waals surface area (Å²) in [5.41, 5.74) is 8.13. The van der Waals surface area contributed by atoms with Crippen LogP contribution in [0, 0.1) is 6.92 Å². The van der Waals surface area contributed by atoms with Crippen molar-refractivity contribution in [2.45, 2.75) is 19.8 Å². The first kappa shape index (κ1) is 13.1. The quantitative estimate of drug-likeness (QED) is 0.699. The number of aromatic amines is 1. The summed E-state index contributed by atoms with van der Waals surface area (Å²) in [4.78, 5) is 15.7. The molecule has 0 saturated heterocycles. The van der Waals surface area contributed by atoms with Crippen molar-refractivity contribution < 1.29 is 4.79 Å². The number of aryl methyl sites for hydroxylation is 2. The van der Waals surface area contributed by atoms with Crippen LogP contribution in [0.2, 0.25) is 0 Å². The average Bonchev–Trinajstić information content (AvgIpc) is 2.80. The van der Waals surface area contributed by atoms with Crippen molar-refractivity contribution >= 4 is 11.7 Å². The van der Waals surface area contributed by atoms with Crippen LogP contribution in [0.3, 0.4) is 0 Å². The number of pyridine rings is 1. The van der Waals surface area contributed by atoms with Crippen LogP contribution < -0.4 is 11.1 Å². The molecule has 0 aliphatic heterocycles. The van der Waals surface area contributed by atoms with Gasteiger partial charge in [0, 0.05) is 12.2 Å². The molecule has 0 aliphatic rings. The summed E-state index contributed by atoms with van der Waals surface area (Å²) >= 11 is 0. The van der Waals surface area contributed by atoms with Gasteiger partial charge in [0.05, 0.1) is 6.20 Å². The van der Waals surface area contributed by atoms with Gasteiger partial charge >= 0.3 is 0 Å². The van der Waals surface area contributed by atoms with Gasteiger partial charge in [0.2, 0.25) is 0 Å². The fourth-order valence-electron chi connectivity index (χ4n) is 1.78. The third-order valence-electron chi connectivity index (χ3n) is 2.85. The molecular formula is C13H17N5O. The normalized spacial score (nSPS) is 10.4. The van der Waals surface area contributed by atoms with E-state index in [1.54, 1.807) is 18.2 Å². The number of hydrogen-bond donors (Lipinski definition) is 3. The molecule has 0 aliphatic carbocycles. The van der Waals surface area contributed by atoms with Crippen LogP contribution in [-0.4, -0.2) is 27.6 Å². The van der Waals surface area contributed by atoms with E-state index < -0.39 is 0 Å². The van der Waals surface area contributed by atoms with E-state index in [1.807, 2.05) is 13.1 Å². The standard InChI is InChI=1S/C13H17N5O/c1-9-10(8-16-18-9)4-3-7-15-13(19)11-5-2-6-12(14)17-11/h2,5-6,8H,3-4,7H2,1H3,(H2,14,17)(H,15,19)(H,16,18). The number of rotatable bonds is 5. The van der Waals surface area contributed by atoms with Crippen LogP contribution in [0.25, 0.3) is 0 Å². The Morgan fingerprint density at radius 3 is 3.00 bits per heavy atom. The SMILES string of the molecule is Cc1[nH]ncc1CCCNC(=O)c1cccc(N)n1. The Labute approximate surface area is 111 Å². The molecule has 2 aromatic rings. The lowest BCUT2D eigenvalue weighted by atomic mass is 10.1. The second kappa shape index (κ2) is 5.99. The van der Waals surface area contributed by atoms with Crippen LogP contribution in [-0.2, 0) is 6.42 Å². The second-order valence-electron chi connectivity index (χ2n) is 4.33. The highest BCUT2D eigenvalue weighted by molar-refractivity contribution is 5.92. The molecule has 100 valence electrons. The zero-order valence-electron chi connectivity index (χ0n) is 10.8. The van der Waals surface area contributed by atoms with Gasteiger partial charge in [-0.1, -0.05) is 6.07 Å². The van der Waals surface area contributed by atoms with Crippen molar-refractivity contribution in [2.75, 3.05) is 12.3 Å². The number of anilines is 1. The number of aromatic nitrogens is 3. The molecule has 2 aromatic heterocycles. The average molecular weight is 259 g/mol. The van der Waals surface area contributed by atoms with Gasteiger partial charge in [0.25, 0.3) is 5.91 Å². The smallest absolute Gasteiger partial charge is 0.269 e. The van der Waals surface area contributed by atoms with Crippen LogP contribution in [0.1, 0.15) is 28.2 Å². The number of carbonyl (C=O) groups is 1. The summed E-state index contributed by atoms with van der Waals surface area (Å²) in [6.07, 6.45) is 3.55. The molecule has 0 atom stereocenters. The van der Waals surface area contributed by atoms with Gasteiger partial charge in [0.1, 0.15) is 11.5 Å². The number of H-pyrrole nitrogens is 1. The number of hydrogen-bond acceptors (Lipinski definition) is 4. The van der Waals surface area contributed by atoms with Crippen LogP contribution >= 0.6 is 0 Å². The maximum atomic E-state index is 11.8. The van der Waals surface area contributed by atoms with Gasteiger partial charge in [0.15, 0.2) is 0 Å². The maximum absolute atomic E-state index is 11.8. The minimum Gasteiger partial charge on any atom is -0.384 e. The molecule has 0 unspecified atom stereocenters. The van der Waals surface area contributed by atoms with Crippen LogP contribution in [0.4, 0.5) is 5.82 Å². The Hall–Kier alpha value is -2.37.